The van der Waals surface area contributed by atoms with Crippen molar-refractivity contribution >= 4 is 43.2 Å². The molecular formula is C12H15Br2NOS. The van der Waals surface area contributed by atoms with Crippen LogP contribution in [0.25, 0.3) is 0 Å². The number of halogens is 2. The van der Waals surface area contributed by atoms with Gasteiger partial charge in [-0.15, -0.1) is 11.3 Å². The Kier molecular flexibility index (Phi) is 5.09. The predicted molar refractivity (Wildman–Crippen MR) is 79.4 cm³/mol. The van der Waals surface area contributed by atoms with E-state index >= 15 is 0 Å². The second-order valence-electron chi connectivity index (χ2n) is 3.93. The average molecular weight is 381 g/mol. The van der Waals surface area contributed by atoms with Crippen molar-refractivity contribution in [2.45, 2.75) is 25.8 Å². The molecule has 5 heteroatoms. The van der Waals surface area contributed by atoms with E-state index in [4.69, 9.17) is 4.74 Å². The Bertz CT molecular complexity index is 397. The van der Waals surface area contributed by atoms with E-state index in [1.54, 1.807) is 11.3 Å². The summed E-state index contributed by atoms with van der Waals surface area (Å²) in [5.41, 5.74) is 1.35. The van der Waals surface area contributed by atoms with Crippen LogP contribution in [0.5, 0.6) is 0 Å². The third-order valence-electron chi connectivity index (χ3n) is 2.69. The van der Waals surface area contributed by atoms with E-state index in [0.717, 1.165) is 34.3 Å². The van der Waals surface area contributed by atoms with Crippen LogP contribution in [0, 0.1) is 0 Å². The molecule has 2 rings (SSSR count). The molecule has 2 nitrogen and oxygen atoms in total. The highest BCUT2D eigenvalue weighted by atomic mass is 79.9. The van der Waals surface area contributed by atoms with E-state index in [1.165, 1.54) is 10.5 Å². The Balaban J connectivity index is 2.24. The van der Waals surface area contributed by atoms with Gasteiger partial charge in [-0.05, 0) is 62.9 Å². The van der Waals surface area contributed by atoms with Gasteiger partial charge in [-0.25, -0.2) is 0 Å². The van der Waals surface area contributed by atoms with Crippen LogP contribution in [0.4, 0.5) is 0 Å². The molecule has 1 aliphatic rings. The zero-order valence-corrected chi connectivity index (χ0v) is 13.6. The van der Waals surface area contributed by atoms with Crippen LogP contribution in [0.2, 0.25) is 0 Å². The number of ether oxygens (including phenoxy) is 1. The zero-order chi connectivity index (χ0) is 12.3. The highest BCUT2D eigenvalue weighted by molar-refractivity contribution is 9.13. The van der Waals surface area contributed by atoms with Crippen LogP contribution < -0.4 is 5.32 Å². The van der Waals surface area contributed by atoms with Crippen LogP contribution in [-0.4, -0.2) is 13.2 Å². The molecule has 1 aromatic heterocycles. The molecule has 17 heavy (non-hydrogen) atoms. The molecule has 1 N–H and O–H groups in total. The third-order valence-corrected chi connectivity index (χ3v) is 6.01. The van der Waals surface area contributed by atoms with Crippen molar-refractivity contribution in [3.05, 3.63) is 31.0 Å². The maximum atomic E-state index is 5.45. The molecule has 2 heterocycles. The summed E-state index contributed by atoms with van der Waals surface area (Å²) >= 11 is 8.86. The third kappa shape index (κ3) is 3.34. The van der Waals surface area contributed by atoms with E-state index in [2.05, 4.69) is 50.2 Å². The minimum absolute atomic E-state index is 0.285. The summed E-state index contributed by atoms with van der Waals surface area (Å²) < 4.78 is 7.72. The normalized spacial score (nSPS) is 17.5. The van der Waals surface area contributed by atoms with Gasteiger partial charge >= 0.3 is 0 Å². The Labute approximate surface area is 123 Å². The Morgan fingerprint density at radius 1 is 1.53 bits per heavy atom. The Morgan fingerprint density at radius 2 is 2.35 bits per heavy atom. The molecule has 1 unspecified atom stereocenters. The lowest BCUT2D eigenvalue weighted by molar-refractivity contribution is 0.219. The van der Waals surface area contributed by atoms with Crippen molar-refractivity contribution in [2.24, 2.45) is 0 Å². The molecule has 94 valence electrons. The van der Waals surface area contributed by atoms with Crippen molar-refractivity contribution in [3.63, 3.8) is 0 Å². The largest absolute Gasteiger partial charge is 0.501 e. The topological polar surface area (TPSA) is 21.3 Å². The van der Waals surface area contributed by atoms with Gasteiger partial charge in [-0.1, -0.05) is 6.92 Å². The lowest BCUT2D eigenvalue weighted by Crippen LogP contribution is -2.23. The molecule has 0 amide bonds. The summed E-state index contributed by atoms with van der Waals surface area (Å²) in [5, 5.41) is 3.53. The fourth-order valence-electron chi connectivity index (χ4n) is 1.92. The molecule has 0 aromatic carbocycles. The zero-order valence-electron chi connectivity index (χ0n) is 9.63. The van der Waals surface area contributed by atoms with Crippen molar-refractivity contribution < 1.29 is 4.74 Å². The van der Waals surface area contributed by atoms with Crippen LogP contribution in [0.15, 0.2) is 26.2 Å². The predicted octanol–water partition coefficient (Wildman–Crippen LogP) is 4.62. The fraction of sp³-hybridized carbons (Fsp3) is 0.500. The van der Waals surface area contributed by atoms with E-state index in [9.17, 15) is 0 Å². The van der Waals surface area contributed by atoms with Gasteiger partial charge in [0, 0.05) is 9.35 Å². The highest BCUT2D eigenvalue weighted by Gasteiger charge is 2.21. The molecule has 0 radical (unpaired) electrons. The summed E-state index contributed by atoms with van der Waals surface area (Å²) in [7, 11) is 0. The Morgan fingerprint density at radius 3 is 2.88 bits per heavy atom. The van der Waals surface area contributed by atoms with Gasteiger partial charge in [0.1, 0.15) is 0 Å². The summed E-state index contributed by atoms with van der Waals surface area (Å²) in [5.74, 6) is 0. The number of likely N-dealkylation sites (N-methyl/N-ethyl adjacent to an activating group) is 1. The quantitative estimate of drug-likeness (QED) is 0.822. The van der Waals surface area contributed by atoms with Gasteiger partial charge in [0.25, 0.3) is 0 Å². The monoisotopic (exact) mass is 379 g/mol. The van der Waals surface area contributed by atoms with Crippen LogP contribution >= 0.6 is 43.2 Å². The Hall–Kier alpha value is 0.160. The molecule has 0 saturated heterocycles. The summed E-state index contributed by atoms with van der Waals surface area (Å²) in [6, 6.07) is 2.46. The van der Waals surface area contributed by atoms with Gasteiger partial charge in [-0.2, -0.15) is 0 Å². The minimum Gasteiger partial charge on any atom is -0.501 e. The summed E-state index contributed by atoms with van der Waals surface area (Å²) in [6.45, 7) is 3.93. The molecule has 1 aromatic rings. The van der Waals surface area contributed by atoms with Gasteiger partial charge < -0.3 is 10.1 Å². The van der Waals surface area contributed by atoms with Gasteiger partial charge in [0.15, 0.2) is 0 Å². The first-order valence-electron chi connectivity index (χ1n) is 5.71. The van der Waals surface area contributed by atoms with E-state index in [0.29, 0.717) is 0 Å². The van der Waals surface area contributed by atoms with Gasteiger partial charge in [0.05, 0.1) is 22.7 Å². The lowest BCUT2D eigenvalue weighted by Gasteiger charge is -2.23. The van der Waals surface area contributed by atoms with Crippen molar-refractivity contribution in [1.29, 1.82) is 0 Å². The maximum absolute atomic E-state index is 5.45. The van der Waals surface area contributed by atoms with Crippen molar-refractivity contribution in [2.75, 3.05) is 13.2 Å². The average Bonchev–Trinajstić information content (AvgIpc) is 2.67. The number of rotatable bonds is 4. The summed E-state index contributed by atoms with van der Waals surface area (Å²) in [4.78, 5) is 1.32. The second-order valence-corrected chi connectivity index (χ2v) is 7.18. The number of hydrogen-bond donors (Lipinski definition) is 1. The standard InChI is InChI=1S/C12H15Br2NOS/c1-2-15-11(8-4-3-5-16-7-8)10-6-9(13)12(14)17-10/h6-7,11,15H,2-5H2,1H3. The molecular weight excluding hydrogens is 366 g/mol. The smallest absolute Gasteiger partial charge is 0.0876 e. The maximum Gasteiger partial charge on any atom is 0.0876 e. The first-order valence-corrected chi connectivity index (χ1v) is 8.11. The van der Waals surface area contributed by atoms with E-state index < -0.39 is 0 Å². The second kappa shape index (κ2) is 6.36. The fourth-order valence-corrected chi connectivity index (χ4v) is 4.13. The molecule has 1 atom stereocenters. The first kappa shape index (κ1) is 13.6. The van der Waals surface area contributed by atoms with Gasteiger partial charge in [0.2, 0.25) is 0 Å². The molecule has 0 saturated carbocycles. The van der Waals surface area contributed by atoms with Crippen LogP contribution in [-0.2, 0) is 4.74 Å². The first-order chi connectivity index (χ1) is 8.22. The SMILES string of the molecule is CCNC(C1=COCCC1)c1cc(Br)c(Br)s1. The highest BCUT2D eigenvalue weighted by Crippen LogP contribution is 2.39. The molecule has 0 bridgehead atoms. The van der Waals surface area contributed by atoms with E-state index in [-0.39, 0.29) is 6.04 Å². The number of hydrogen-bond acceptors (Lipinski definition) is 3. The molecule has 0 aliphatic carbocycles. The number of nitrogens with one attached hydrogen (secondary N) is 1. The molecule has 0 fully saturated rings. The van der Waals surface area contributed by atoms with Crippen molar-refractivity contribution in [3.8, 4) is 0 Å². The van der Waals surface area contributed by atoms with Crippen molar-refractivity contribution in [1.82, 2.24) is 5.32 Å². The van der Waals surface area contributed by atoms with Gasteiger partial charge in [-0.3, -0.25) is 0 Å². The van der Waals surface area contributed by atoms with E-state index in [1.807, 2.05) is 6.26 Å². The molecule has 1 aliphatic heterocycles. The number of thiophene rings is 1. The minimum atomic E-state index is 0.285. The van der Waals surface area contributed by atoms with Crippen LogP contribution in [0.1, 0.15) is 30.7 Å². The van der Waals surface area contributed by atoms with Crippen LogP contribution in [0.3, 0.4) is 0 Å². The molecule has 0 spiro atoms. The summed E-state index contributed by atoms with van der Waals surface area (Å²) in [6.07, 6.45) is 4.16. The lowest BCUT2D eigenvalue weighted by atomic mass is 10.0.